The number of nitrogens with one attached hydrogen (secondary N) is 2. The Balaban J connectivity index is 1.57. The number of nitrogens with zero attached hydrogens (tertiary/aromatic N) is 1. The highest BCUT2D eigenvalue weighted by atomic mass is 32.1. The van der Waals surface area contributed by atoms with Crippen molar-refractivity contribution in [2.24, 2.45) is 0 Å². The number of hydrogen-bond donors (Lipinski definition) is 2. The molecule has 1 amide bonds. The highest BCUT2D eigenvalue weighted by Crippen LogP contribution is 2.25. The van der Waals surface area contributed by atoms with E-state index >= 15 is 0 Å². The number of amides is 1. The van der Waals surface area contributed by atoms with Gasteiger partial charge in [-0.1, -0.05) is 12.1 Å². The Hall–Kier alpha value is -2.60. The van der Waals surface area contributed by atoms with Gasteiger partial charge in [0.1, 0.15) is 11.8 Å². The largest absolute Gasteiger partial charge is 0.497 e. The van der Waals surface area contributed by atoms with Crippen LogP contribution in [0.15, 0.2) is 42.5 Å². The highest BCUT2D eigenvalue weighted by Gasteiger charge is 2.13. The van der Waals surface area contributed by atoms with E-state index in [0.29, 0.717) is 6.54 Å². The van der Waals surface area contributed by atoms with Gasteiger partial charge in [0.2, 0.25) is 5.91 Å². The maximum atomic E-state index is 12.3. The first-order valence-electron chi connectivity index (χ1n) is 8.09. The monoisotopic (exact) mass is 355 g/mol. The predicted molar refractivity (Wildman–Crippen MR) is 102 cm³/mol. The molecular formula is C19H21N3O2S. The van der Waals surface area contributed by atoms with Gasteiger partial charge in [0, 0.05) is 12.2 Å². The van der Waals surface area contributed by atoms with Crippen LogP contribution in [0.25, 0.3) is 10.2 Å². The van der Waals surface area contributed by atoms with Crippen LogP contribution in [-0.2, 0) is 11.3 Å². The summed E-state index contributed by atoms with van der Waals surface area (Å²) in [6, 6.07) is 13.3. The molecule has 2 N–H and O–H groups in total. The van der Waals surface area contributed by atoms with Gasteiger partial charge in [0.05, 0.1) is 22.3 Å². The molecule has 25 heavy (non-hydrogen) atoms. The molecule has 0 aliphatic heterocycles. The van der Waals surface area contributed by atoms with Crippen LogP contribution in [0.3, 0.4) is 0 Å². The van der Waals surface area contributed by atoms with Crippen molar-refractivity contribution in [1.29, 1.82) is 0 Å². The first kappa shape index (κ1) is 17.2. The smallest absolute Gasteiger partial charge is 0.242 e. The lowest BCUT2D eigenvalue weighted by atomic mass is 10.2. The molecule has 0 aliphatic carbocycles. The molecular weight excluding hydrogens is 334 g/mol. The molecule has 0 saturated heterocycles. The van der Waals surface area contributed by atoms with Gasteiger partial charge in [0.25, 0.3) is 0 Å². The van der Waals surface area contributed by atoms with Crippen molar-refractivity contribution in [1.82, 2.24) is 10.3 Å². The summed E-state index contributed by atoms with van der Waals surface area (Å²) >= 11 is 1.65. The molecule has 3 rings (SSSR count). The summed E-state index contributed by atoms with van der Waals surface area (Å²) in [6.45, 7) is 4.33. The van der Waals surface area contributed by atoms with Crippen LogP contribution in [-0.4, -0.2) is 24.0 Å². The van der Waals surface area contributed by atoms with E-state index in [2.05, 4.69) is 15.6 Å². The SMILES string of the molecule is COc1ccc(CNC(=O)[C@@H](C)Nc2ccc3nc(C)sc3c2)cc1. The number of rotatable bonds is 6. The summed E-state index contributed by atoms with van der Waals surface area (Å²) in [6.07, 6.45) is 0. The van der Waals surface area contributed by atoms with Gasteiger partial charge in [0.15, 0.2) is 0 Å². The molecule has 0 bridgehead atoms. The minimum atomic E-state index is -0.329. The normalized spacial score (nSPS) is 12.0. The Morgan fingerprint density at radius 1 is 1.24 bits per heavy atom. The molecule has 0 saturated carbocycles. The lowest BCUT2D eigenvalue weighted by Crippen LogP contribution is -2.37. The van der Waals surface area contributed by atoms with Crippen molar-refractivity contribution in [3.63, 3.8) is 0 Å². The quantitative estimate of drug-likeness (QED) is 0.707. The Morgan fingerprint density at radius 2 is 2.00 bits per heavy atom. The van der Waals surface area contributed by atoms with E-state index in [1.165, 1.54) is 0 Å². The van der Waals surface area contributed by atoms with Gasteiger partial charge in [-0.2, -0.15) is 0 Å². The second kappa shape index (κ2) is 7.53. The Morgan fingerprint density at radius 3 is 2.72 bits per heavy atom. The minimum absolute atomic E-state index is 0.0450. The number of ether oxygens (including phenoxy) is 1. The fourth-order valence-corrected chi connectivity index (χ4v) is 3.40. The maximum Gasteiger partial charge on any atom is 0.242 e. The lowest BCUT2D eigenvalue weighted by Gasteiger charge is -2.15. The number of fused-ring (bicyclic) bond motifs is 1. The first-order chi connectivity index (χ1) is 12.0. The Kier molecular flexibility index (Phi) is 5.19. The van der Waals surface area contributed by atoms with Gasteiger partial charge in [-0.05, 0) is 49.7 Å². The second-order valence-electron chi connectivity index (χ2n) is 5.85. The summed E-state index contributed by atoms with van der Waals surface area (Å²) in [7, 11) is 1.63. The standard InChI is InChI=1S/C19H21N3O2S/c1-12(19(23)20-11-14-4-7-16(24-3)8-5-14)21-15-6-9-17-18(10-15)25-13(2)22-17/h4-10,12,21H,11H2,1-3H3,(H,20,23)/t12-/m1/s1. The van der Waals surface area contributed by atoms with Gasteiger partial charge in [-0.25, -0.2) is 4.98 Å². The summed E-state index contributed by atoms with van der Waals surface area (Å²) in [4.78, 5) is 16.7. The van der Waals surface area contributed by atoms with E-state index in [1.807, 2.05) is 56.3 Å². The van der Waals surface area contributed by atoms with Crippen LogP contribution in [0.4, 0.5) is 5.69 Å². The molecule has 0 spiro atoms. The Labute approximate surface area is 151 Å². The van der Waals surface area contributed by atoms with Crippen LogP contribution in [0.1, 0.15) is 17.5 Å². The van der Waals surface area contributed by atoms with Crippen molar-refractivity contribution in [3.05, 3.63) is 53.0 Å². The lowest BCUT2D eigenvalue weighted by molar-refractivity contribution is -0.121. The third kappa shape index (κ3) is 4.28. The van der Waals surface area contributed by atoms with Gasteiger partial charge < -0.3 is 15.4 Å². The molecule has 2 aromatic carbocycles. The van der Waals surface area contributed by atoms with Crippen molar-refractivity contribution >= 4 is 33.1 Å². The summed E-state index contributed by atoms with van der Waals surface area (Å²) in [5.41, 5.74) is 2.94. The molecule has 5 nitrogen and oxygen atoms in total. The van der Waals surface area contributed by atoms with E-state index in [4.69, 9.17) is 4.74 Å². The van der Waals surface area contributed by atoms with E-state index in [1.54, 1.807) is 18.4 Å². The fraction of sp³-hybridized carbons (Fsp3) is 0.263. The number of aromatic nitrogens is 1. The van der Waals surface area contributed by atoms with Gasteiger partial charge in [-0.3, -0.25) is 4.79 Å². The predicted octanol–water partition coefficient (Wildman–Crippen LogP) is 3.73. The number of carbonyl (C=O) groups is 1. The molecule has 1 atom stereocenters. The molecule has 0 radical (unpaired) electrons. The number of hydrogen-bond acceptors (Lipinski definition) is 5. The number of methoxy groups -OCH3 is 1. The van der Waals surface area contributed by atoms with Crippen LogP contribution in [0.2, 0.25) is 0 Å². The van der Waals surface area contributed by atoms with Gasteiger partial charge in [-0.15, -0.1) is 11.3 Å². The maximum absolute atomic E-state index is 12.3. The average molecular weight is 355 g/mol. The number of thiazole rings is 1. The number of benzene rings is 2. The van der Waals surface area contributed by atoms with Crippen LogP contribution < -0.4 is 15.4 Å². The third-order valence-corrected chi connectivity index (χ3v) is 4.83. The van der Waals surface area contributed by atoms with Crippen LogP contribution >= 0.6 is 11.3 Å². The zero-order valence-corrected chi connectivity index (χ0v) is 15.3. The van der Waals surface area contributed by atoms with E-state index < -0.39 is 0 Å². The van der Waals surface area contributed by atoms with Crippen molar-refractivity contribution in [3.8, 4) is 5.75 Å². The number of anilines is 1. The molecule has 1 aromatic heterocycles. The summed E-state index contributed by atoms with van der Waals surface area (Å²) in [5, 5.41) is 7.23. The van der Waals surface area contributed by atoms with E-state index in [0.717, 1.165) is 32.2 Å². The van der Waals surface area contributed by atoms with Crippen molar-refractivity contribution in [2.45, 2.75) is 26.4 Å². The van der Waals surface area contributed by atoms with Crippen LogP contribution in [0, 0.1) is 6.92 Å². The zero-order valence-electron chi connectivity index (χ0n) is 14.5. The minimum Gasteiger partial charge on any atom is -0.497 e. The van der Waals surface area contributed by atoms with Crippen molar-refractivity contribution in [2.75, 3.05) is 12.4 Å². The average Bonchev–Trinajstić information content (AvgIpc) is 2.99. The molecule has 0 fully saturated rings. The Bertz CT molecular complexity index is 874. The summed E-state index contributed by atoms with van der Waals surface area (Å²) in [5.74, 6) is 0.759. The zero-order chi connectivity index (χ0) is 17.8. The molecule has 0 unspecified atom stereocenters. The van der Waals surface area contributed by atoms with Gasteiger partial charge >= 0.3 is 0 Å². The molecule has 130 valence electrons. The topological polar surface area (TPSA) is 63.2 Å². The molecule has 0 aliphatic rings. The molecule has 6 heteroatoms. The molecule has 3 aromatic rings. The molecule has 1 heterocycles. The third-order valence-electron chi connectivity index (χ3n) is 3.90. The second-order valence-corrected chi connectivity index (χ2v) is 7.08. The number of aryl methyl sites for hydroxylation is 1. The van der Waals surface area contributed by atoms with E-state index in [-0.39, 0.29) is 11.9 Å². The van der Waals surface area contributed by atoms with E-state index in [9.17, 15) is 4.79 Å². The number of carbonyl (C=O) groups excluding carboxylic acids is 1. The highest BCUT2D eigenvalue weighted by molar-refractivity contribution is 7.18. The fourth-order valence-electron chi connectivity index (χ4n) is 2.53. The summed E-state index contributed by atoms with van der Waals surface area (Å²) < 4.78 is 6.25. The van der Waals surface area contributed by atoms with Crippen molar-refractivity contribution < 1.29 is 9.53 Å². The first-order valence-corrected chi connectivity index (χ1v) is 8.91. The van der Waals surface area contributed by atoms with Crippen LogP contribution in [0.5, 0.6) is 5.75 Å².